The predicted molar refractivity (Wildman–Crippen MR) is 94.3 cm³/mol. The molecule has 0 N–H and O–H groups in total. The van der Waals surface area contributed by atoms with Crippen molar-refractivity contribution in [2.45, 2.75) is 19.3 Å². The van der Waals surface area contributed by atoms with E-state index in [2.05, 4.69) is 29.2 Å². The number of nitrogens with zero attached hydrogens (tertiary/aromatic N) is 1. The molecule has 1 aromatic rings. The van der Waals surface area contributed by atoms with Crippen molar-refractivity contribution in [1.82, 2.24) is 4.90 Å². The van der Waals surface area contributed by atoms with E-state index in [1.807, 2.05) is 23.1 Å². The second-order valence-electron chi connectivity index (χ2n) is 5.17. The van der Waals surface area contributed by atoms with Gasteiger partial charge in [0.25, 0.3) is 5.91 Å². The van der Waals surface area contributed by atoms with Crippen LogP contribution in [0, 0.1) is 3.57 Å². The topological polar surface area (TPSA) is 29.5 Å². The third-order valence-electron chi connectivity index (χ3n) is 3.44. The summed E-state index contributed by atoms with van der Waals surface area (Å²) >= 11 is 7.90. The van der Waals surface area contributed by atoms with E-state index >= 15 is 0 Å². The zero-order chi connectivity index (χ0) is 15.2. The summed E-state index contributed by atoms with van der Waals surface area (Å²) in [5.41, 5.74) is 1.50. The van der Waals surface area contributed by atoms with Crippen LogP contribution < -0.4 is 4.74 Å². The molecular formula is C16H19ClINO2. The van der Waals surface area contributed by atoms with Gasteiger partial charge in [-0.25, -0.2) is 0 Å². The molecule has 1 saturated heterocycles. The molecule has 2 rings (SSSR count). The van der Waals surface area contributed by atoms with Gasteiger partial charge in [-0.05, 0) is 65.6 Å². The summed E-state index contributed by atoms with van der Waals surface area (Å²) < 4.78 is 6.68. The maximum Gasteiger partial charge on any atom is 0.253 e. The number of likely N-dealkylation sites (tertiary alicyclic amines) is 1. The summed E-state index contributed by atoms with van der Waals surface area (Å²) in [6, 6.07) is 5.60. The quantitative estimate of drug-likeness (QED) is 0.409. The molecule has 0 aliphatic carbocycles. The number of benzene rings is 1. The van der Waals surface area contributed by atoms with Crippen LogP contribution >= 0.6 is 34.2 Å². The first-order valence-corrected chi connectivity index (χ1v) is 8.67. The number of piperidine rings is 1. The molecular weight excluding hydrogens is 401 g/mol. The fourth-order valence-corrected chi connectivity index (χ4v) is 2.81. The highest BCUT2D eigenvalue weighted by Gasteiger charge is 2.19. The molecule has 1 aliphatic rings. The van der Waals surface area contributed by atoms with Crippen LogP contribution in [0.4, 0.5) is 0 Å². The SMILES string of the molecule is C=C(CCl)COc1cc(C(=O)N2CCCCC2)ccc1I. The minimum Gasteiger partial charge on any atom is -0.488 e. The van der Waals surface area contributed by atoms with Crippen LogP contribution in [0.15, 0.2) is 30.4 Å². The minimum atomic E-state index is 0.0899. The van der Waals surface area contributed by atoms with Crippen LogP contribution in [0.3, 0.4) is 0 Å². The average molecular weight is 420 g/mol. The largest absolute Gasteiger partial charge is 0.488 e. The first-order chi connectivity index (χ1) is 10.1. The highest BCUT2D eigenvalue weighted by atomic mass is 127. The summed E-state index contributed by atoms with van der Waals surface area (Å²) in [4.78, 5) is 14.4. The van der Waals surface area contributed by atoms with Gasteiger partial charge in [0.1, 0.15) is 12.4 Å². The van der Waals surface area contributed by atoms with Crippen molar-refractivity contribution in [3.8, 4) is 5.75 Å². The van der Waals surface area contributed by atoms with Crippen LogP contribution in [0.5, 0.6) is 5.75 Å². The van der Waals surface area contributed by atoms with E-state index in [0.29, 0.717) is 23.8 Å². The molecule has 1 heterocycles. The average Bonchev–Trinajstić information content (AvgIpc) is 2.54. The summed E-state index contributed by atoms with van der Waals surface area (Å²) in [5.74, 6) is 1.18. The third kappa shape index (κ3) is 4.61. The van der Waals surface area contributed by atoms with Gasteiger partial charge in [0.2, 0.25) is 0 Å². The maximum atomic E-state index is 12.5. The molecule has 3 nitrogen and oxygen atoms in total. The monoisotopic (exact) mass is 419 g/mol. The molecule has 0 atom stereocenters. The lowest BCUT2D eigenvalue weighted by atomic mass is 10.1. The van der Waals surface area contributed by atoms with Gasteiger partial charge in [-0.15, -0.1) is 11.6 Å². The van der Waals surface area contributed by atoms with Crippen molar-refractivity contribution in [3.63, 3.8) is 0 Å². The number of carbonyl (C=O) groups is 1. The molecule has 1 amide bonds. The van der Waals surface area contributed by atoms with Crippen LogP contribution in [0.1, 0.15) is 29.6 Å². The third-order valence-corrected chi connectivity index (χ3v) is 4.71. The summed E-state index contributed by atoms with van der Waals surface area (Å²) in [7, 11) is 0. The van der Waals surface area contributed by atoms with Gasteiger partial charge < -0.3 is 9.64 Å². The van der Waals surface area contributed by atoms with Crippen LogP contribution in [0.2, 0.25) is 0 Å². The number of alkyl halides is 1. The van der Waals surface area contributed by atoms with E-state index in [1.54, 1.807) is 0 Å². The Bertz CT molecular complexity index is 527. The van der Waals surface area contributed by atoms with Gasteiger partial charge in [-0.1, -0.05) is 6.58 Å². The molecule has 1 aliphatic heterocycles. The van der Waals surface area contributed by atoms with Crippen LogP contribution in [-0.4, -0.2) is 36.4 Å². The lowest BCUT2D eigenvalue weighted by Gasteiger charge is -2.27. The van der Waals surface area contributed by atoms with Gasteiger partial charge in [0.05, 0.1) is 3.57 Å². The van der Waals surface area contributed by atoms with E-state index < -0.39 is 0 Å². The minimum absolute atomic E-state index is 0.0899. The molecule has 5 heteroatoms. The molecule has 0 spiro atoms. The number of amides is 1. The predicted octanol–water partition coefficient (Wildman–Crippen LogP) is 4.09. The van der Waals surface area contributed by atoms with Gasteiger partial charge in [-0.3, -0.25) is 4.79 Å². The smallest absolute Gasteiger partial charge is 0.253 e. The molecule has 0 saturated carbocycles. The highest BCUT2D eigenvalue weighted by molar-refractivity contribution is 14.1. The van der Waals surface area contributed by atoms with Crippen molar-refractivity contribution < 1.29 is 9.53 Å². The van der Waals surface area contributed by atoms with E-state index in [0.717, 1.165) is 35.1 Å². The van der Waals surface area contributed by atoms with Crippen molar-refractivity contribution in [2.75, 3.05) is 25.6 Å². The Morgan fingerprint density at radius 3 is 2.71 bits per heavy atom. The molecule has 1 fully saturated rings. The lowest BCUT2D eigenvalue weighted by molar-refractivity contribution is 0.0724. The van der Waals surface area contributed by atoms with Gasteiger partial charge in [0, 0.05) is 24.5 Å². The zero-order valence-electron chi connectivity index (χ0n) is 11.9. The van der Waals surface area contributed by atoms with E-state index in [-0.39, 0.29) is 5.91 Å². The first-order valence-electron chi connectivity index (χ1n) is 7.06. The van der Waals surface area contributed by atoms with Crippen molar-refractivity contribution >= 4 is 40.1 Å². The number of rotatable bonds is 5. The van der Waals surface area contributed by atoms with Gasteiger partial charge >= 0.3 is 0 Å². The maximum absolute atomic E-state index is 12.5. The van der Waals surface area contributed by atoms with E-state index in [9.17, 15) is 4.79 Å². The second kappa shape index (κ2) is 8.03. The Kier molecular flexibility index (Phi) is 6.36. The standard InChI is InChI=1S/C16H19ClINO2/c1-12(10-17)11-21-15-9-13(5-6-14(15)18)16(20)19-7-3-2-4-8-19/h5-6,9H,1-4,7-8,10-11H2. The normalized spacial score (nSPS) is 14.9. The molecule has 0 radical (unpaired) electrons. The Morgan fingerprint density at radius 2 is 2.05 bits per heavy atom. The molecule has 0 aromatic heterocycles. The first kappa shape index (κ1) is 16.6. The number of hydrogen-bond donors (Lipinski definition) is 0. The zero-order valence-corrected chi connectivity index (χ0v) is 14.8. The highest BCUT2D eigenvalue weighted by Crippen LogP contribution is 2.24. The number of hydrogen-bond acceptors (Lipinski definition) is 2. The molecule has 114 valence electrons. The molecule has 0 unspecified atom stereocenters. The fraction of sp³-hybridized carbons (Fsp3) is 0.438. The Hall–Kier alpha value is -0.750. The second-order valence-corrected chi connectivity index (χ2v) is 6.60. The van der Waals surface area contributed by atoms with Gasteiger partial charge in [0.15, 0.2) is 0 Å². The Morgan fingerprint density at radius 1 is 1.33 bits per heavy atom. The van der Waals surface area contributed by atoms with Gasteiger partial charge in [-0.2, -0.15) is 0 Å². The summed E-state index contributed by atoms with van der Waals surface area (Å²) in [6.07, 6.45) is 3.40. The van der Waals surface area contributed by atoms with Crippen molar-refractivity contribution in [2.24, 2.45) is 0 Å². The summed E-state index contributed by atoms with van der Waals surface area (Å²) in [6.45, 7) is 5.89. The van der Waals surface area contributed by atoms with Crippen LogP contribution in [0.25, 0.3) is 0 Å². The molecule has 21 heavy (non-hydrogen) atoms. The van der Waals surface area contributed by atoms with E-state index in [4.69, 9.17) is 16.3 Å². The lowest BCUT2D eigenvalue weighted by Crippen LogP contribution is -2.35. The Balaban J connectivity index is 2.09. The number of carbonyl (C=O) groups excluding carboxylic acids is 1. The fourth-order valence-electron chi connectivity index (χ4n) is 2.24. The summed E-state index contributed by atoms with van der Waals surface area (Å²) in [5, 5.41) is 0. The van der Waals surface area contributed by atoms with Crippen LogP contribution in [-0.2, 0) is 0 Å². The number of ether oxygens (including phenoxy) is 1. The molecule has 1 aromatic carbocycles. The number of halogens is 2. The molecule has 0 bridgehead atoms. The van der Waals surface area contributed by atoms with E-state index in [1.165, 1.54) is 6.42 Å². The Labute approximate surface area is 144 Å². The van der Waals surface area contributed by atoms with Crippen molar-refractivity contribution in [3.05, 3.63) is 39.5 Å². The van der Waals surface area contributed by atoms with Crippen molar-refractivity contribution in [1.29, 1.82) is 0 Å².